The Morgan fingerprint density at radius 1 is 0.966 bits per heavy atom. The molecule has 1 aromatic rings. The minimum absolute atomic E-state index is 0.0313. The fourth-order valence-corrected chi connectivity index (χ4v) is 3.45. The summed E-state index contributed by atoms with van der Waals surface area (Å²) < 4.78 is 5.55. The van der Waals surface area contributed by atoms with Gasteiger partial charge in [-0.3, -0.25) is 24.6 Å². The summed E-state index contributed by atoms with van der Waals surface area (Å²) in [4.78, 5) is 53.0. The number of nitrogens with zero attached hydrogens (tertiary/aromatic N) is 4. The van der Waals surface area contributed by atoms with Crippen molar-refractivity contribution < 1.29 is 29.2 Å². The van der Waals surface area contributed by atoms with Crippen LogP contribution in [0.3, 0.4) is 0 Å². The Labute approximate surface area is 165 Å². The van der Waals surface area contributed by atoms with Gasteiger partial charge in [0.25, 0.3) is 16.9 Å². The molecule has 0 N–H and O–H groups in total. The molecule has 0 aromatic heterocycles. The first-order chi connectivity index (χ1) is 13.9. The predicted molar refractivity (Wildman–Crippen MR) is 97.2 cm³/mol. The third-order valence-corrected chi connectivity index (χ3v) is 4.83. The van der Waals surface area contributed by atoms with Crippen molar-refractivity contribution in [2.75, 3.05) is 39.4 Å². The molecule has 29 heavy (non-hydrogen) atoms. The van der Waals surface area contributed by atoms with E-state index in [1.165, 1.54) is 6.07 Å². The lowest BCUT2D eigenvalue weighted by atomic mass is 10.1. The van der Waals surface area contributed by atoms with Gasteiger partial charge in [-0.1, -0.05) is 0 Å². The van der Waals surface area contributed by atoms with Gasteiger partial charge in [-0.25, -0.2) is 0 Å². The first-order valence-corrected chi connectivity index (χ1v) is 9.19. The number of nitro benzene ring substituents is 1. The lowest BCUT2D eigenvalue weighted by Crippen LogP contribution is -2.33. The number of fused-ring (bicyclic) bond motifs is 1. The second-order valence-corrected chi connectivity index (χ2v) is 6.69. The summed E-state index contributed by atoms with van der Waals surface area (Å²) in [6.07, 6.45) is 3.00. The lowest BCUT2D eigenvalue weighted by Gasteiger charge is -2.14. The van der Waals surface area contributed by atoms with E-state index >= 15 is 0 Å². The van der Waals surface area contributed by atoms with Crippen molar-refractivity contribution in [1.29, 1.82) is 0 Å². The highest BCUT2D eigenvalue weighted by atomic mass is 16.9. The summed E-state index contributed by atoms with van der Waals surface area (Å²) in [5, 5.41) is 20.6. The maximum Gasteiger partial charge on any atom is 0.311 e. The summed E-state index contributed by atoms with van der Waals surface area (Å²) in [6, 6.07) is 2.21. The number of hydrogen-bond acceptors (Lipinski definition) is 9. The minimum Gasteiger partial charge on any atom is -0.487 e. The molecule has 1 aromatic carbocycles. The molecule has 0 saturated carbocycles. The quantitative estimate of drug-likeness (QED) is 0.242. The van der Waals surface area contributed by atoms with Crippen LogP contribution in [0.2, 0.25) is 0 Å². The van der Waals surface area contributed by atoms with E-state index in [1.807, 2.05) is 0 Å². The highest BCUT2D eigenvalue weighted by Gasteiger charge is 2.38. The standard InChI is InChI=1S/C17H20N4O8/c22-16-12-10-14(20(24)25)15(28-8-3-6-18-4-1-2-5-18)11-13(12)17(23)19(16)7-9-29-21(26)27/h10-11H,1-9H2. The van der Waals surface area contributed by atoms with Crippen LogP contribution in [0, 0.1) is 20.2 Å². The van der Waals surface area contributed by atoms with E-state index in [9.17, 15) is 29.8 Å². The monoisotopic (exact) mass is 408 g/mol. The van der Waals surface area contributed by atoms with Crippen molar-refractivity contribution in [3.05, 3.63) is 43.5 Å². The molecule has 0 bridgehead atoms. The zero-order valence-corrected chi connectivity index (χ0v) is 15.6. The van der Waals surface area contributed by atoms with Crippen molar-refractivity contribution in [2.45, 2.75) is 19.3 Å². The average molecular weight is 408 g/mol. The smallest absolute Gasteiger partial charge is 0.311 e. The van der Waals surface area contributed by atoms with Gasteiger partial charge in [0, 0.05) is 18.7 Å². The minimum atomic E-state index is -1.03. The molecule has 1 saturated heterocycles. The number of amides is 2. The highest BCUT2D eigenvalue weighted by Crippen LogP contribution is 2.35. The van der Waals surface area contributed by atoms with Crippen LogP contribution in [0.15, 0.2) is 12.1 Å². The Hall–Kier alpha value is -3.28. The van der Waals surface area contributed by atoms with Gasteiger partial charge < -0.3 is 14.5 Å². The van der Waals surface area contributed by atoms with Crippen LogP contribution in [0.25, 0.3) is 0 Å². The Morgan fingerprint density at radius 2 is 1.62 bits per heavy atom. The molecule has 12 heteroatoms. The average Bonchev–Trinajstić information content (AvgIpc) is 3.27. The van der Waals surface area contributed by atoms with Crippen LogP contribution in [0.4, 0.5) is 5.69 Å². The number of ether oxygens (including phenoxy) is 1. The summed E-state index contributed by atoms with van der Waals surface area (Å²) in [7, 11) is 0. The summed E-state index contributed by atoms with van der Waals surface area (Å²) >= 11 is 0. The van der Waals surface area contributed by atoms with Gasteiger partial charge in [0.1, 0.15) is 6.61 Å². The van der Waals surface area contributed by atoms with Crippen molar-refractivity contribution in [1.82, 2.24) is 9.80 Å². The van der Waals surface area contributed by atoms with Gasteiger partial charge in [-0.2, -0.15) is 0 Å². The molecule has 0 spiro atoms. The van der Waals surface area contributed by atoms with E-state index in [0.29, 0.717) is 6.42 Å². The van der Waals surface area contributed by atoms with Crippen molar-refractivity contribution >= 4 is 17.5 Å². The molecule has 0 radical (unpaired) electrons. The zero-order chi connectivity index (χ0) is 21.0. The topological polar surface area (TPSA) is 145 Å². The second-order valence-electron chi connectivity index (χ2n) is 6.69. The van der Waals surface area contributed by atoms with Crippen LogP contribution in [-0.2, 0) is 4.84 Å². The Bertz CT molecular complexity index is 837. The fraction of sp³-hybridized carbons (Fsp3) is 0.529. The van der Waals surface area contributed by atoms with Gasteiger partial charge >= 0.3 is 5.69 Å². The van der Waals surface area contributed by atoms with E-state index < -0.39 is 34.1 Å². The molecule has 0 unspecified atom stereocenters. The summed E-state index contributed by atoms with van der Waals surface area (Å²) in [5.74, 6) is -1.55. The molecule has 0 atom stereocenters. The normalized spacial score (nSPS) is 16.2. The second kappa shape index (κ2) is 8.82. The van der Waals surface area contributed by atoms with Gasteiger partial charge in [-0.15, -0.1) is 10.1 Å². The molecule has 0 aliphatic carbocycles. The molecule has 3 rings (SSSR count). The number of carbonyl (C=O) groups is 2. The molecule has 12 nitrogen and oxygen atoms in total. The molecule has 2 aliphatic heterocycles. The molecular formula is C17H20N4O8. The first kappa shape index (κ1) is 20.5. The summed E-state index contributed by atoms with van der Waals surface area (Å²) in [6.45, 7) is 2.30. The van der Waals surface area contributed by atoms with Crippen molar-refractivity contribution in [2.24, 2.45) is 0 Å². The molecule has 2 aliphatic rings. The SMILES string of the molecule is O=C1c2cc(OCCCN3CCCC3)c([N+](=O)[O-])cc2C(=O)N1CCO[N+](=O)[O-]. The van der Waals surface area contributed by atoms with E-state index in [4.69, 9.17) is 4.74 Å². The van der Waals surface area contributed by atoms with Crippen molar-refractivity contribution in [3.63, 3.8) is 0 Å². The molecule has 2 heterocycles. The molecular weight excluding hydrogens is 388 g/mol. The van der Waals surface area contributed by atoms with Gasteiger partial charge in [0.05, 0.1) is 29.2 Å². The third kappa shape index (κ3) is 4.59. The molecule has 1 fully saturated rings. The first-order valence-electron chi connectivity index (χ1n) is 9.19. The van der Waals surface area contributed by atoms with Crippen molar-refractivity contribution in [3.8, 4) is 5.75 Å². The highest BCUT2D eigenvalue weighted by molar-refractivity contribution is 6.21. The van der Waals surface area contributed by atoms with E-state index in [1.54, 1.807) is 0 Å². The maximum atomic E-state index is 12.5. The largest absolute Gasteiger partial charge is 0.487 e. The molecule has 156 valence electrons. The van der Waals surface area contributed by atoms with Crippen LogP contribution in [-0.4, -0.2) is 71.0 Å². The number of nitro groups is 1. The van der Waals surface area contributed by atoms with Crippen LogP contribution >= 0.6 is 0 Å². The summed E-state index contributed by atoms with van der Waals surface area (Å²) in [5.41, 5.74) is -0.571. The van der Waals surface area contributed by atoms with Gasteiger partial charge in [-0.05, 0) is 32.4 Å². The van der Waals surface area contributed by atoms with Gasteiger partial charge in [0.15, 0.2) is 5.75 Å². The van der Waals surface area contributed by atoms with Gasteiger partial charge in [0.2, 0.25) is 0 Å². The van der Waals surface area contributed by atoms with Crippen LogP contribution < -0.4 is 4.74 Å². The van der Waals surface area contributed by atoms with E-state index in [2.05, 4.69) is 9.74 Å². The van der Waals surface area contributed by atoms with Crippen LogP contribution in [0.1, 0.15) is 40.0 Å². The maximum absolute atomic E-state index is 12.5. The third-order valence-electron chi connectivity index (χ3n) is 4.83. The number of carbonyl (C=O) groups excluding carboxylic acids is 2. The lowest BCUT2D eigenvalue weighted by molar-refractivity contribution is -0.757. The zero-order valence-electron chi connectivity index (χ0n) is 15.6. The Kier molecular flexibility index (Phi) is 6.22. The molecule has 2 amide bonds. The predicted octanol–water partition coefficient (Wildman–Crippen LogP) is 1.26. The number of imide groups is 1. The Morgan fingerprint density at radius 3 is 2.24 bits per heavy atom. The van der Waals surface area contributed by atoms with E-state index in [0.717, 1.165) is 43.4 Å². The number of rotatable bonds is 10. The number of likely N-dealkylation sites (tertiary alicyclic amines) is 1. The van der Waals surface area contributed by atoms with E-state index in [-0.39, 0.29) is 30.0 Å². The number of benzene rings is 1. The Balaban J connectivity index is 1.70. The van der Waals surface area contributed by atoms with Crippen LogP contribution in [0.5, 0.6) is 5.75 Å². The fourth-order valence-electron chi connectivity index (χ4n) is 3.45. The number of hydrogen-bond donors (Lipinski definition) is 0.